The highest BCUT2D eigenvalue weighted by Crippen LogP contribution is 2.31. The van der Waals surface area contributed by atoms with Gasteiger partial charge in [0.1, 0.15) is 0 Å². The summed E-state index contributed by atoms with van der Waals surface area (Å²) in [5.41, 5.74) is 0. The molecule has 1 aliphatic carbocycles. The summed E-state index contributed by atoms with van der Waals surface area (Å²) in [7, 11) is -1.27. The van der Waals surface area contributed by atoms with E-state index in [9.17, 15) is 8.42 Å². The van der Waals surface area contributed by atoms with Gasteiger partial charge in [-0.15, -0.1) is 0 Å². The lowest BCUT2D eigenvalue weighted by atomic mass is 10.0. The molecule has 1 saturated heterocycles. The van der Waals surface area contributed by atoms with Crippen LogP contribution in [0.25, 0.3) is 0 Å². The van der Waals surface area contributed by atoms with Gasteiger partial charge in [0, 0.05) is 19.6 Å². The lowest BCUT2D eigenvalue weighted by Crippen LogP contribution is -2.38. The van der Waals surface area contributed by atoms with E-state index in [4.69, 9.17) is 0 Å². The molecule has 2 fully saturated rings. The molecule has 100 valence electrons. The number of piperidine rings is 1. The Labute approximate surface area is 105 Å². The second-order valence-corrected chi connectivity index (χ2v) is 7.60. The van der Waals surface area contributed by atoms with Gasteiger partial charge in [-0.2, -0.15) is 0 Å². The summed E-state index contributed by atoms with van der Waals surface area (Å²) < 4.78 is 25.5. The molecular formula is C12H24N2O2S. The Kier molecular flexibility index (Phi) is 4.44. The van der Waals surface area contributed by atoms with Gasteiger partial charge in [-0.3, -0.25) is 0 Å². The molecule has 0 aromatic heterocycles. The summed E-state index contributed by atoms with van der Waals surface area (Å²) in [5.74, 6) is 0.803. The van der Waals surface area contributed by atoms with Crippen molar-refractivity contribution >= 4 is 10.0 Å². The van der Waals surface area contributed by atoms with Gasteiger partial charge in [-0.05, 0) is 44.6 Å². The molecule has 1 aliphatic heterocycles. The Hall–Kier alpha value is -0.130. The molecule has 2 rings (SSSR count). The van der Waals surface area contributed by atoms with Crippen molar-refractivity contribution in [1.82, 2.24) is 9.62 Å². The first-order valence-electron chi connectivity index (χ1n) is 6.75. The van der Waals surface area contributed by atoms with Crippen molar-refractivity contribution in [2.75, 3.05) is 25.9 Å². The van der Waals surface area contributed by atoms with Gasteiger partial charge in [-0.25, -0.2) is 12.7 Å². The number of hydrogen-bond donors (Lipinski definition) is 1. The van der Waals surface area contributed by atoms with Crippen molar-refractivity contribution in [1.29, 1.82) is 0 Å². The molecule has 5 heteroatoms. The SMILES string of the molecule is CN(CCC1CCCCN1)S(=O)(=O)CC1CC1. The van der Waals surface area contributed by atoms with Crippen LogP contribution in [-0.2, 0) is 10.0 Å². The molecule has 2 aliphatic rings. The zero-order valence-corrected chi connectivity index (χ0v) is 11.5. The summed E-state index contributed by atoms with van der Waals surface area (Å²) in [6.45, 7) is 1.75. The molecule has 4 nitrogen and oxygen atoms in total. The predicted molar refractivity (Wildman–Crippen MR) is 69.4 cm³/mol. The van der Waals surface area contributed by atoms with Crippen LogP contribution in [0.15, 0.2) is 0 Å². The van der Waals surface area contributed by atoms with Crippen molar-refractivity contribution in [3.8, 4) is 0 Å². The zero-order chi connectivity index (χ0) is 12.3. The molecule has 1 unspecified atom stereocenters. The van der Waals surface area contributed by atoms with Gasteiger partial charge in [0.2, 0.25) is 10.0 Å². The van der Waals surface area contributed by atoms with Crippen molar-refractivity contribution < 1.29 is 8.42 Å². The second kappa shape index (κ2) is 5.67. The fourth-order valence-electron chi connectivity index (χ4n) is 2.36. The molecule has 17 heavy (non-hydrogen) atoms. The molecule has 0 spiro atoms. The summed E-state index contributed by atoms with van der Waals surface area (Å²) in [4.78, 5) is 0. The van der Waals surface area contributed by atoms with E-state index in [1.54, 1.807) is 11.4 Å². The van der Waals surface area contributed by atoms with Crippen molar-refractivity contribution in [3.63, 3.8) is 0 Å². The lowest BCUT2D eigenvalue weighted by molar-refractivity contribution is 0.351. The van der Waals surface area contributed by atoms with Crippen LogP contribution in [0.3, 0.4) is 0 Å². The number of rotatable bonds is 6. The summed E-state index contributed by atoms with van der Waals surface area (Å²) >= 11 is 0. The average Bonchev–Trinajstić information content (AvgIpc) is 3.10. The Morgan fingerprint density at radius 2 is 2.00 bits per heavy atom. The second-order valence-electron chi connectivity index (χ2n) is 5.48. The van der Waals surface area contributed by atoms with E-state index < -0.39 is 10.0 Å². The van der Waals surface area contributed by atoms with Crippen molar-refractivity contribution in [2.45, 2.75) is 44.6 Å². The van der Waals surface area contributed by atoms with Crippen LogP contribution in [-0.4, -0.2) is 44.7 Å². The molecule has 0 aromatic rings. The number of sulfonamides is 1. The quantitative estimate of drug-likeness (QED) is 0.780. The first kappa shape index (κ1) is 13.3. The molecule has 1 N–H and O–H groups in total. The van der Waals surface area contributed by atoms with E-state index in [1.807, 2.05) is 0 Å². The van der Waals surface area contributed by atoms with E-state index in [1.165, 1.54) is 19.3 Å². The van der Waals surface area contributed by atoms with Crippen LogP contribution in [0, 0.1) is 5.92 Å². The Balaban J connectivity index is 1.73. The number of nitrogens with zero attached hydrogens (tertiary/aromatic N) is 1. The van der Waals surface area contributed by atoms with Crippen LogP contribution < -0.4 is 5.32 Å². The third-order valence-corrected chi connectivity index (χ3v) is 5.85. The largest absolute Gasteiger partial charge is 0.314 e. The Morgan fingerprint density at radius 1 is 1.24 bits per heavy atom. The lowest BCUT2D eigenvalue weighted by Gasteiger charge is -2.25. The summed E-state index contributed by atoms with van der Waals surface area (Å²) in [5, 5.41) is 3.46. The van der Waals surface area contributed by atoms with Crippen LogP contribution in [0.4, 0.5) is 0 Å². The Morgan fingerprint density at radius 3 is 2.59 bits per heavy atom. The van der Waals surface area contributed by atoms with Crippen LogP contribution in [0.1, 0.15) is 38.5 Å². The molecule has 0 aromatic carbocycles. The Bertz CT molecular complexity index is 332. The highest BCUT2D eigenvalue weighted by atomic mass is 32.2. The topological polar surface area (TPSA) is 49.4 Å². The van der Waals surface area contributed by atoms with E-state index in [2.05, 4.69) is 5.32 Å². The van der Waals surface area contributed by atoms with Gasteiger partial charge in [0.25, 0.3) is 0 Å². The maximum Gasteiger partial charge on any atom is 0.214 e. The molecule has 1 atom stereocenters. The third kappa shape index (κ3) is 4.23. The normalized spacial score (nSPS) is 26.4. The van der Waals surface area contributed by atoms with Gasteiger partial charge in [0.15, 0.2) is 0 Å². The smallest absolute Gasteiger partial charge is 0.214 e. The van der Waals surface area contributed by atoms with Crippen molar-refractivity contribution in [3.05, 3.63) is 0 Å². The fraction of sp³-hybridized carbons (Fsp3) is 1.00. The average molecular weight is 260 g/mol. The monoisotopic (exact) mass is 260 g/mol. The first-order chi connectivity index (χ1) is 8.08. The van der Waals surface area contributed by atoms with Crippen molar-refractivity contribution in [2.24, 2.45) is 5.92 Å². The minimum atomic E-state index is -2.99. The molecule has 1 heterocycles. The maximum absolute atomic E-state index is 12.0. The predicted octanol–water partition coefficient (Wildman–Crippen LogP) is 1.19. The highest BCUT2D eigenvalue weighted by Gasteiger charge is 2.30. The van der Waals surface area contributed by atoms with E-state index in [0.717, 1.165) is 25.8 Å². The zero-order valence-electron chi connectivity index (χ0n) is 10.7. The minimum absolute atomic E-state index is 0.363. The minimum Gasteiger partial charge on any atom is -0.314 e. The van der Waals surface area contributed by atoms with Gasteiger partial charge < -0.3 is 5.32 Å². The molecular weight excluding hydrogens is 236 g/mol. The van der Waals surface area contributed by atoms with Crippen LogP contribution in [0.5, 0.6) is 0 Å². The summed E-state index contributed by atoms with van der Waals surface area (Å²) in [6, 6.07) is 0.516. The van der Waals surface area contributed by atoms with Crippen LogP contribution in [0.2, 0.25) is 0 Å². The summed E-state index contributed by atoms with van der Waals surface area (Å²) in [6.07, 6.45) is 6.86. The maximum atomic E-state index is 12.0. The molecule has 0 amide bonds. The molecule has 1 saturated carbocycles. The van der Waals surface area contributed by atoms with Gasteiger partial charge in [0.05, 0.1) is 5.75 Å². The van der Waals surface area contributed by atoms with E-state index >= 15 is 0 Å². The number of hydrogen-bond acceptors (Lipinski definition) is 3. The van der Waals surface area contributed by atoms with Crippen LogP contribution >= 0.6 is 0 Å². The standard InChI is InChI=1S/C12H24N2O2S/c1-14(17(15,16)10-11-5-6-11)9-7-12-4-2-3-8-13-12/h11-13H,2-10H2,1H3. The van der Waals surface area contributed by atoms with Gasteiger partial charge >= 0.3 is 0 Å². The highest BCUT2D eigenvalue weighted by molar-refractivity contribution is 7.89. The third-order valence-electron chi connectivity index (χ3n) is 3.82. The number of nitrogens with one attached hydrogen (secondary N) is 1. The fourth-order valence-corrected chi connectivity index (χ4v) is 3.92. The first-order valence-corrected chi connectivity index (χ1v) is 8.36. The molecule has 0 bridgehead atoms. The molecule has 0 radical (unpaired) electrons. The van der Waals surface area contributed by atoms with Gasteiger partial charge in [-0.1, -0.05) is 6.42 Å². The van der Waals surface area contributed by atoms with E-state index in [-0.39, 0.29) is 0 Å². The van der Waals surface area contributed by atoms with E-state index in [0.29, 0.717) is 24.3 Å².